The van der Waals surface area contributed by atoms with Gasteiger partial charge in [-0.05, 0) is 38.8 Å². The van der Waals surface area contributed by atoms with Crippen LogP contribution in [0.2, 0.25) is 0 Å². The van der Waals surface area contributed by atoms with Crippen LogP contribution in [0.3, 0.4) is 0 Å². The highest BCUT2D eigenvalue weighted by molar-refractivity contribution is 7.90. The van der Waals surface area contributed by atoms with Crippen LogP contribution in [0.15, 0.2) is 17.0 Å². The van der Waals surface area contributed by atoms with E-state index in [9.17, 15) is 18.0 Å². The van der Waals surface area contributed by atoms with E-state index in [0.717, 1.165) is 6.26 Å². The maximum absolute atomic E-state index is 12.9. The summed E-state index contributed by atoms with van der Waals surface area (Å²) in [5.74, 6) is 0.228. The van der Waals surface area contributed by atoms with Crippen LogP contribution in [0.5, 0.6) is 0 Å². The second-order valence-electron chi connectivity index (χ2n) is 9.49. The summed E-state index contributed by atoms with van der Waals surface area (Å²) in [7, 11) is -3.57. The van der Waals surface area contributed by atoms with E-state index in [2.05, 4.69) is 0 Å². The molecule has 32 heavy (non-hydrogen) atoms. The summed E-state index contributed by atoms with van der Waals surface area (Å²) in [4.78, 5) is 30.7. The lowest BCUT2D eigenvalue weighted by atomic mass is 10.0. The number of nitrogens with zero attached hydrogens (tertiary/aromatic N) is 3. The molecule has 1 aromatic carbocycles. The summed E-state index contributed by atoms with van der Waals surface area (Å²) < 4.78 is 37.5. The van der Waals surface area contributed by atoms with Gasteiger partial charge in [-0.15, -0.1) is 0 Å². The number of carbonyl (C=O) groups is 2. The number of fused-ring (bicyclic) bond motifs is 3. The Kier molecular flexibility index (Phi) is 6.29. The number of hydrogen-bond donors (Lipinski definition) is 0. The lowest BCUT2D eigenvalue weighted by molar-refractivity contribution is -0.142. The number of hydrogen-bond acceptors (Lipinski definition) is 7. The molecule has 0 bridgehead atoms. The zero-order valence-electron chi connectivity index (χ0n) is 19.6. The number of rotatable bonds is 4. The lowest BCUT2D eigenvalue weighted by Gasteiger charge is -2.38. The van der Waals surface area contributed by atoms with Gasteiger partial charge in [0.1, 0.15) is 18.0 Å². The van der Waals surface area contributed by atoms with Crippen molar-refractivity contribution in [2.24, 2.45) is 5.92 Å². The van der Waals surface area contributed by atoms with Gasteiger partial charge in [0, 0.05) is 31.8 Å². The lowest BCUT2D eigenvalue weighted by Crippen LogP contribution is -2.46. The van der Waals surface area contributed by atoms with Gasteiger partial charge in [0.25, 0.3) is 0 Å². The first kappa shape index (κ1) is 24.0. The summed E-state index contributed by atoms with van der Waals surface area (Å²) in [6.45, 7) is 11.5. The quantitative estimate of drug-likeness (QED) is 0.636. The van der Waals surface area contributed by atoms with Gasteiger partial charge in [-0.25, -0.2) is 18.2 Å². The number of carbonyl (C=O) groups excluding carboxylic acids is 2. The number of amides is 1. The zero-order valence-corrected chi connectivity index (χ0v) is 20.4. The van der Waals surface area contributed by atoms with E-state index < -0.39 is 27.5 Å². The fourth-order valence-corrected chi connectivity index (χ4v) is 4.90. The largest absolute Gasteiger partial charge is 0.461 e. The number of benzene rings is 1. The molecule has 0 saturated heterocycles. The third-order valence-electron chi connectivity index (χ3n) is 5.21. The summed E-state index contributed by atoms with van der Waals surface area (Å²) in [6.07, 6.45) is 0.724. The molecule has 1 atom stereocenters. The molecule has 0 spiro atoms. The number of aromatic nitrogens is 2. The molecule has 0 radical (unpaired) electrons. The highest BCUT2D eigenvalue weighted by Crippen LogP contribution is 2.36. The van der Waals surface area contributed by atoms with Crippen LogP contribution < -0.4 is 0 Å². The van der Waals surface area contributed by atoms with Crippen LogP contribution in [0.4, 0.5) is 4.79 Å². The van der Waals surface area contributed by atoms with Gasteiger partial charge >= 0.3 is 12.1 Å². The first-order valence-electron chi connectivity index (χ1n) is 10.5. The predicted octanol–water partition coefficient (Wildman–Crippen LogP) is 3.45. The van der Waals surface area contributed by atoms with Gasteiger partial charge < -0.3 is 14.0 Å². The molecule has 1 aromatic heterocycles. The Balaban J connectivity index is 2.13. The molecule has 3 rings (SSSR count). The highest BCUT2D eigenvalue weighted by Gasteiger charge is 2.38. The van der Waals surface area contributed by atoms with E-state index in [1.54, 1.807) is 17.0 Å². The maximum Gasteiger partial charge on any atom is 0.410 e. The molecule has 1 amide bonds. The second kappa shape index (κ2) is 8.38. The van der Waals surface area contributed by atoms with Crippen LogP contribution in [0, 0.1) is 5.92 Å². The monoisotopic (exact) mass is 465 g/mol. The van der Waals surface area contributed by atoms with Gasteiger partial charge in [0.2, 0.25) is 0 Å². The van der Waals surface area contributed by atoms with E-state index in [4.69, 9.17) is 14.5 Å². The van der Waals surface area contributed by atoms with Crippen LogP contribution in [0.1, 0.15) is 59.0 Å². The molecule has 1 aliphatic rings. The highest BCUT2D eigenvalue weighted by atomic mass is 32.2. The van der Waals surface area contributed by atoms with Crippen molar-refractivity contribution >= 4 is 32.9 Å². The van der Waals surface area contributed by atoms with Crippen molar-refractivity contribution in [1.29, 1.82) is 0 Å². The Labute approximate surface area is 188 Å². The van der Waals surface area contributed by atoms with E-state index in [1.165, 1.54) is 6.92 Å². The summed E-state index contributed by atoms with van der Waals surface area (Å²) in [6, 6.07) is 2.90. The van der Waals surface area contributed by atoms with Crippen LogP contribution in [-0.2, 0) is 37.3 Å². The number of imidazole rings is 1. The van der Waals surface area contributed by atoms with Gasteiger partial charge in [-0.3, -0.25) is 9.69 Å². The Hall–Kier alpha value is -2.62. The molecule has 0 unspecified atom stereocenters. The predicted molar refractivity (Wildman–Crippen MR) is 119 cm³/mol. The average molecular weight is 466 g/mol. The fraction of sp³-hybridized carbons (Fsp3) is 0.591. The minimum absolute atomic E-state index is 0.0493. The van der Waals surface area contributed by atoms with Crippen molar-refractivity contribution in [3.05, 3.63) is 23.5 Å². The molecule has 2 aromatic rings. The van der Waals surface area contributed by atoms with E-state index in [1.807, 2.05) is 39.2 Å². The third-order valence-corrected chi connectivity index (χ3v) is 6.39. The van der Waals surface area contributed by atoms with Crippen molar-refractivity contribution in [3.8, 4) is 0 Å². The smallest absolute Gasteiger partial charge is 0.410 e. The van der Waals surface area contributed by atoms with Crippen molar-refractivity contribution < 1.29 is 27.5 Å². The van der Waals surface area contributed by atoms with E-state index >= 15 is 0 Å². The number of ether oxygens (including phenoxy) is 2. The van der Waals surface area contributed by atoms with E-state index in [0.29, 0.717) is 35.5 Å². The Bertz CT molecular complexity index is 1160. The average Bonchev–Trinajstić information content (AvgIpc) is 2.99. The van der Waals surface area contributed by atoms with Gasteiger partial charge in [-0.2, -0.15) is 0 Å². The molecule has 0 aliphatic carbocycles. The molecule has 0 saturated carbocycles. The molecule has 2 heterocycles. The third kappa shape index (κ3) is 4.90. The van der Waals surface area contributed by atoms with Gasteiger partial charge in [-0.1, -0.05) is 13.8 Å². The zero-order chi connectivity index (χ0) is 24.0. The Morgan fingerprint density at radius 1 is 1.22 bits per heavy atom. The molecule has 0 fully saturated rings. The first-order valence-corrected chi connectivity index (χ1v) is 12.4. The van der Waals surface area contributed by atoms with Gasteiger partial charge in [0.05, 0.1) is 22.0 Å². The van der Waals surface area contributed by atoms with E-state index in [-0.39, 0.29) is 23.5 Å². The maximum atomic E-state index is 12.9. The second-order valence-corrected chi connectivity index (χ2v) is 11.5. The SMILES string of the molecule is CC(=O)OCc1cc2nc3n(c2cc1S(C)(=O)=O)CCN(C(=O)OC(C)(C)C)[C@@H]3C(C)C. The molecular formula is C22H31N3O6S. The summed E-state index contributed by atoms with van der Waals surface area (Å²) >= 11 is 0. The summed E-state index contributed by atoms with van der Waals surface area (Å²) in [5.41, 5.74) is 1.01. The molecule has 0 N–H and O–H groups in total. The molecular weight excluding hydrogens is 434 g/mol. The van der Waals surface area contributed by atoms with Crippen molar-refractivity contribution in [3.63, 3.8) is 0 Å². The number of esters is 1. The standard InChI is InChI=1S/C22H31N3O6S/c1-13(2)19-20-23-16-10-15(12-30-14(3)26)18(32(7,28)29)11-17(16)24(20)8-9-25(19)21(27)31-22(4,5)6/h10-11,13,19H,8-9,12H2,1-7H3/t19-/m1/s1. The van der Waals surface area contributed by atoms with Crippen LogP contribution >= 0.6 is 0 Å². The normalized spacial score (nSPS) is 16.9. The van der Waals surface area contributed by atoms with Crippen molar-refractivity contribution in [2.45, 2.75) is 71.2 Å². The van der Waals surface area contributed by atoms with Crippen LogP contribution in [0.25, 0.3) is 11.0 Å². The van der Waals surface area contributed by atoms with Crippen molar-refractivity contribution in [1.82, 2.24) is 14.5 Å². The summed E-state index contributed by atoms with van der Waals surface area (Å²) in [5, 5.41) is 0. The van der Waals surface area contributed by atoms with Gasteiger partial charge in [0.15, 0.2) is 9.84 Å². The Morgan fingerprint density at radius 3 is 2.41 bits per heavy atom. The van der Waals surface area contributed by atoms with Crippen molar-refractivity contribution in [2.75, 3.05) is 12.8 Å². The first-order chi connectivity index (χ1) is 14.7. The fourth-order valence-electron chi connectivity index (χ4n) is 3.98. The topological polar surface area (TPSA) is 108 Å². The molecule has 1 aliphatic heterocycles. The minimum Gasteiger partial charge on any atom is -0.461 e. The number of sulfone groups is 1. The molecule has 9 nitrogen and oxygen atoms in total. The molecule has 10 heteroatoms. The Morgan fingerprint density at radius 2 is 1.88 bits per heavy atom. The molecule has 176 valence electrons. The minimum atomic E-state index is -3.57. The van der Waals surface area contributed by atoms with Crippen LogP contribution in [-0.4, -0.2) is 53.3 Å².